The highest BCUT2D eigenvalue weighted by molar-refractivity contribution is 5.86. The fourth-order valence-electron chi connectivity index (χ4n) is 2.90. The third-order valence-electron chi connectivity index (χ3n) is 4.49. The van der Waals surface area contributed by atoms with Crippen molar-refractivity contribution in [2.45, 2.75) is 144 Å². The minimum absolute atomic E-state index is 0. The van der Waals surface area contributed by atoms with E-state index in [1.807, 2.05) is 34.6 Å². The summed E-state index contributed by atoms with van der Waals surface area (Å²) in [7, 11) is 0. The maximum atomic E-state index is 11.6. The van der Waals surface area contributed by atoms with Crippen LogP contribution in [0.3, 0.4) is 0 Å². The Bertz CT molecular complexity index is 375. The second-order valence-corrected chi connectivity index (χ2v) is 7.03. The molecule has 6 heteroatoms. The Labute approximate surface area is 192 Å². The summed E-state index contributed by atoms with van der Waals surface area (Å²) in [6.45, 7) is 12.1. The lowest BCUT2D eigenvalue weighted by Crippen LogP contribution is -2.32. The highest BCUT2D eigenvalue weighted by Crippen LogP contribution is 2.13. The summed E-state index contributed by atoms with van der Waals surface area (Å²) in [5.74, 6) is -0.981. The first-order valence-corrected chi connectivity index (χ1v) is 12.6. The van der Waals surface area contributed by atoms with Gasteiger partial charge in [-0.1, -0.05) is 119 Å². The highest BCUT2D eigenvalue weighted by atomic mass is 16.7. The summed E-state index contributed by atoms with van der Waals surface area (Å²) >= 11 is 0. The molecular weight excluding hydrogens is 394 g/mol. The van der Waals surface area contributed by atoms with Crippen molar-refractivity contribution in [3.05, 3.63) is 0 Å². The van der Waals surface area contributed by atoms with Gasteiger partial charge in [-0.25, -0.2) is 4.79 Å². The van der Waals surface area contributed by atoms with Crippen LogP contribution in [0.1, 0.15) is 144 Å². The van der Waals surface area contributed by atoms with Crippen molar-refractivity contribution >= 4 is 18.3 Å². The predicted molar refractivity (Wildman–Crippen MR) is 131 cm³/mol. The first-order chi connectivity index (χ1) is 14.7. The molecule has 0 bridgehead atoms. The molecule has 2 N–H and O–H groups in total. The van der Waals surface area contributed by atoms with Crippen LogP contribution < -0.4 is 0 Å². The Morgan fingerprint density at radius 1 is 0.645 bits per heavy atom. The first-order valence-electron chi connectivity index (χ1n) is 12.6. The largest absolute Gasteiger partial charge is 0.412 e. The molecule has 0 aromatic carbocycles. The first kappa shape index (κ1) is 36.9. The molecule has 6 nitrogen and oxygen atoms in total. The molecule has 0 saturated heterocycles. The van der Waals surface area contributed by atoms with Crippen LogP contribution in [0.5, 0.6) is 0 Å². The molecule has 0 heterocycles. The van der Waals surface area contributed by atoms with E-state index in [9.17, 15) is 14.4 Å². The van der Waals surface area contributed by atoms with Gasteiger partial charge in [-0.2, -0.15) is 0 Å². The Hall–Kier alpha value is -1.43. The third-order valence-corrected chi connectivity index (χ3v) is 4.49. The average Bonchev–Trinajstić information content (AvgIpc) is 2.78. The lowest BCUT2D eigenvalue weighted by molar-refractivity contribution is -0.196. The van der Waals surface area contributed by atoms with Gasteiger partial charge >= 0.3 is 5.97 Å². The average molecular weight is 448 g/mol. The molecule has 0 aliphatic heterocycles. The van der Waals surface area contributed by atoms with Gasteiger partial charge in [0, 0.05) is 12.8 Å². The quantitative estimate of drug-likeness (QED) is 0.137. The number of rotatable bonds is 17. The summed E-state index contributed by atoms with van der Waals surface area (Å²) in [6.07, 6.45) is 17.5. The number of amides is 2. The zero-order valence-corrected chi connectivity index (χ0v) is 21.5. The van der Waals surface area contributed by atoms with E-state index in [1.165, 1.54) is 64.2 Å². The highest BCUT2D eigenvalue weighted by Gasteiger charge is 2.16. The van der Waals surface area contributed by atoms with Crippen molar-refractivity contribution in [3.8, 4) is 0 Å². The van der Waals surface area contributed by atoms with E-state index in [0.29, 0.717) is 11.5 Å². The molecular formula is C25H53NO5. The standard InChI is InChI=1S/C21H39NO4.2C2H6.H2O/c1-3-5-6-7-8-9-10-11-12-13-14-15-16-18-21(25)26-22(19-23)20(24)17-4-2;2*1-2;/h19H,3-18H2,1-2H3;2*1-2H3;1H2. The van der Waals surface area contributed by atoms with E-state index in [-0.39, 0.29) is 24.7 Å². The van der Waals surface area contributed by atoms with Gasteiger partial charge in [-0.3, -0.25) is 9.59 Å². The van der Waals surface area contributed by atoms with Crippen molar-refractivity contribution in [1.29, 1.82) is 0 Å². The molecule has 0 rings (SSSR count). The Morgan fingerprint density at radius 3 is 1.39 bits per heavy atom. The summed E-state index contributed by atoms with van der Waals surface area (Å²) in [4.78, 5) is 38.7. The van der Waals surface area contributed by atoms with E-state index in [0.717, 1.165) is 19.3 Å². The molecule has 0 aliphatic rings. The Balaban J connectivity index is -0.000000684. The number of hydroxylamine groups is 2. The maximum Gasteiger partial charge on any atom is 0.333 e. The van der Waals surface area contributed by atoms with Crippen molar-refractivity contribution in [3.63, 3.8) is 0 Å². The molecule has 0 atom stereocenters. The van der Waals surface area contributed by atoms with Crippen molar-refractivity contribution in [2.75, 3.05) is 0 Å². The molecule has 0 aromatic rings. The van der Waals surface area contributed by atoms with Crippen LogP contribution in [-0.4, -0.2) is 28.8 Å². The number of hydrogen-bond acceptors (Lipinski definition) is 4. The van der Waals surface area contributed by atoms with Crippen LogP contribution in [-0.2, 0) is 19.2 Å². The van der Waals surface area contributed by atoms with E-state index < -0.39 is 11.9 Å². The second-order valence-electron chi connectivity index (χ2n) is 7.03. The van der Waals surface area contributed by atoms with Crippen LogP contribution in [0.15, 0.2) is 0 Å². The number of hydrogen-bond donors (Lipinski definition) is 0. The molecule has 31 heavy (non-hydrogen) atoms. The minimum Gasteiger partial charge on any atom is -0.412 e. The minimum atomic E-state index is -0.510. The molecule has 188 valence electrons. The Kier molecular flexibility index (Phi) is 39.6. The summed E-state index contributed by atoms with van der Waals surface area (Å²) in [5.41, 5.74) is 0. The normalized spacial score (nSPS) is 9.23. The lowest BCUT2D eigenvalue weighted by atomic mass is 10.0. The van der Waals surface area contributed by atoms with Gasteiger partial charge in [0.05, 0.1) is 0 Å². The SMILES string of the molecule is CC.CC.CCCCCCCCCCCCCCCC(=O)ON(C=O)C(=O)CCC.O. The third kappa shape index (κ3) is 28.6. The van der Waals surface area contributed by atoms with Crippen LogP contribution in [0.2, 0.25) is 0 Å². The second kappa shape index (κ2) is 33.2. The summed E-state index contributed by atoms with van der Waals surface area (Å²) in [6, 6.07) is 0. The number of nitrogens with zero attached hydrogens (tertiary/aromatic N) is 1. The molecule has 0 saturated carbocycles. The zero-order valence-electron chi connectivity index (χ0n) is 21.5. The molecule has 2 amide bonds. The van der Waals surface area contributed by atoms with Gasteiger partial charge in [-0.15, -0.1) is 5.06 Å². The summed E-state index contributed by atoms with van der Waals surface area (Å²) < 4.78 is 0. The van der Waals surface area contributed by atoms with Crippen LogP contribution in [0, 0.1) is 0 Å². The zero-order chi connectivity index (χ0) is 23.5. The van der Waals surface area contributed by atoms with Gasteiger partial charge < -0.3 is 10.3 Å². The van der Waals surface area contributed by atoms with Crippen LogP contribution >= 0.6 is 0 Å². The molecule has 0 unspecified atom stereocenters. The fraction of sp³-hybridized carbons (Fsp3) is 0.880. The Morgan fingerprint density at radius 2 is 1.03 bits per heavy atom. The molecule has 0 aromatic heterocycles. The number of imide groups is 1. The maximum absolute atomic E-state index is 11.6. The lowest BCUT2D eigenvalue weighted by Gasteiger charge is -2.13. The van der Waals surface area contributed by atoms with Gasteiger partial charge in [0.1, 0.15) is 0 Å². The molecule has 0 radical (unpaired) electrons. The summed E-state index contributed by atoms with van der Waals surface area (Å²) in [5, 5.41) is 0.522. The monoisotopic (exact) mass is 447 g/mol. The predicted octanol–water partition coefficient (Wildman–Crippen LogP) is 6.94. The van der Waals surface area contributed by atoms with Crippen molar-refractivity contribution in [2.24, 2.45) is 0 Å². The number of carbonyl (C=O) groups is 3. The topological polar surface area (TPSA) is 95.2 Å². The van der Waals surface area contributed by atoms with Gasteiger partial charge in [0.25, 0.3) is 12.3 Å². The molecule has 0 aliphatic carbocycles. The van der Waals surface area contributed by atoms with Crippen molar-refractivity contribution in [1.82, 2.24) is 5.06 Å². The van der Waals surface area contributed by atoms with E-state index in [1.54, 1.807) is 0 Å². The molecule has 0 spiro atoms. The molecule has 0 fully saturated rings. The fourth-order valence-corrected chi connectivity index (χ4v) is 2.90. The van der Waals surface area contributed by atoms with Crippen LogP contribution in [0.4, 0.5) is 0 Å². The van der Waals surface area contributed by atoms with E-state index in [4.69, 9.17) is 4.84 Å². The van der Waals surface area contributed by atoms with Gasteiger partial charge in [-0.05, 0) is 12.8 Å². The van der Waals surface area contributed by atoms with Crippen LogP contribution in [0.25, 0.3) is 0 Å². The van der Waals surface area contributed by atoms with E-state index >= 15 is 0 Å². The van der Waals surface area contributed by atoms with Gasteiger partial charge in [0.15, 0.2) is 0 Å². The number of unbranched alkanes of at least 4 members (excludes halogenated alkanes) is 12. The number of carbonyl (C=O) groups excluding carboxylic acids is 3. The van der Waals surface area contributed by atoms with E-state index in [2.05, 4.69) is 6.92 Å². The van der Waals surface area contributed by atoms with Crippen molar-refractivity contribution < 1.29 is 24.7 Å². The van der Waals surface area contributed by atoms with Gasteiger partial charge in [0.2, 0.25) is 0 Å². The smallest absolute Gasteiger partial charge is 0.333 e.